The van der Waals surface area contributed by atoms with Gasteiger partial charge >= 0.3 is 0 Å². The summed E-state index contributed by atoms with van der Waals surface area (Å²) in [7, 11) is -3.64. The molecule has 0 saturated carbocycles. The van der Waals surface area contributed by atoms with Gasteiger partial charge in [-0.15, -0.1) is 0 Å². The molecule has 104 valence electrons. The van der Waals surface area contributed by atoms with Gasteiger partial charge in [-0.2, -0.15) is 17.0 Å². The number of nitrogen functional groups attached to an aromatic ring is 1. The van der Waals surface area contributed by atoms with Crippen LogP contribution in [-0.2, 0) is 10.0 Å². The number of rotatable bonds is 6. The molecule has 0 fully saturated rings. The zero-order chi connectivity index (χ0) is 14.5. The predicted molar refractivity (Wildman–Crippen MR) is 78.4 cm³/mol. The largest absolute Gasteiger partial charge is 0.398 e. The van der Waals surface area contributed by atoms with E-state index >= 15 is 0 Å². The fourth-order valence-corrected chi connectivity index (χ4v) is 3.65. The van der Waals surface area contributed by atoms with Gasteiger partial charge in [0.25, 0.3) is 0 Å². The van der Waals surface area contributed by atoms with Gasteiger partial charge in [0.2, 0.25) is 10.0 Å². The minimum atomic E-state index is -3.64. The molecule has 0 aliphatic heterocycles. The molecule has 0 amide bonds. The number of thioether (sulfide) groups is 1. The Morgan fingerprint density at radius 2 is 2.21 bits per heavy atom. The molecular formula is C12H17N3O2S2. The average molecular weight is 299 g/mol. The summed E-state index contributed by atoms with van der Waals surface area (Å²) in [5.41, 5.74) is 6.11. The van der Waals surface area contributed by atoms with Crippen LogP contribution in [0.2, 0.25) is 0 Å². The highest BCUT2D eigenvalue weighted by atomic mass is 32.2. The second kappa shape index (κ2) is 6.80. The van der Waals surface area contributed by atoms with Crippen LogP contribution in [0, 0.1) is 11.3 Å². The van der Waals surface area contributed by atoms with E-state index in [9.17, 15) is 8.42 Å². The fourth-order valence-electron chi connectivity index (χ4n) is 1.52. The lowest BCUT2D eigenvalue weighted by Gasteiger charge is -2.14. The number of anilines is 1. The van der Waals surface area contributed by atoms with Gasteiger partial charge in [0.05, 0.1) is 17.3 Å². The molecule has 0 radical (unpaired) electrons. The van der Waals surface area contributed by atoms with Gasteiger partial charge in [0.15, 0.2) is 0 Å². The SMILES string of the molecule is CCSCC(C)NS(=O)(=O)c1ccc(C#N)cc1N. The lowest BCUT2D eigenvalue weighted by Crippen LogP contribution is -2.34. The first-order chi connectivity index (χ1) is 8.90. The van der Waals surface area contributed by atoms with E-state index in [0.717, 1.165) is 5.75 Å². The maximum absolute atomic E-state index is 12.1. The van der Waals surface area contributed by atoms with Crippen molar-refractivity contribution in [2.75, 3.05) is 17.2 Å². The van der Waals surface area contributed by atoms with E-state index in [1.54, 1.807) is 18.7 Å². The maximum Gasteiger partial charge on any atom is 0.242 e. The second-order valence-corrected chi connectivity index (χ2v) is 7.05. The van der Waals surface area contributed by atoms with Crippen LogP contribution in [0.25, 0.3) is 0 Å². The Hall–Kier alpha value is -1.23. The molecule has 1 rings (SSSR count). The second-order valence-electron chi connectivity index (χ2n) is 4.05. The number of hydrogen-bond acceptors (Lipinski definition) is 5. The van der Waals surface area contributed by atoms with Crippen molar-refractivity contribution < 1.29 is 8.42 Å². The third kappa shape index (κ3) is 4.42. The van der Waals surface area contributed by atoms with Crippen molar-refractivity contribution in [3.63, 3.8) is 0 Å². The highest BCUT2D eigenvalue weighted by Crippen LogP contribution is 2.20. The molecule has 0 spiro atoms. The molecule has 0 saturated heterocycles. The van der Waals surface area contributed by atoms with E-state index in [1.165, 1.54) is 18.2 Å². The number of nitrogens with one attached hydrogen (secondary N) is 1. The van der Waals surface area contributed by atoms with Crippen molar-refractivity contribution in [2.45, 2.75) is 24.8 Å². The normalized spacial score (nSPS) is 12.9. The quantitative estimate of drug-likeness (QED) is 0.777. The van der Waals surface area contributed by atoms with Crippen LogP contribution in [0.3, 0.4) is 0 Å². The summed E-state index contributed by atoms with van der Waals surface area (Å²) >= 11 is 1.66. The molecule has 0 bridgehead atoms. The van der Waals surface area contributed by atoms with Crippen LogP contribution in [0.4, 0.5) is 5.69 Å². The summed E-state index contributed by atoms with van der Waals surface area (Å²) in [6, 6.07) is 5.90. The zero-order valence-electron chi connectivity index (χ0n) is 10.9. The monoisotopic (exact) mass is 299 g/mol. The van der Waals surface area contributed by atoms with E-state index in [0.29, 0.717) is 11.3 Å². The molecule has 0 aliphatic rings. The predicted octanol–water partition coefficient (Wildman–Crippen LogP) is 1.56. The highest BCUT2D eigenvalue weighted by molar-refractivity contribution is 7.99. The number of sulfonamides is 1. The Morgan fingerprint density at radius 1 is 1.53 bits per heavy atom. The minimum Gasteiger partial charge on any atom is -0.398 e. The summed E-state index contributed by atoms with van der Waals surface area (Å²) in [6.45, 7) is 3.82. The van der Waals surface area contributed by atoms with E-state index in [4.69, 9.17) is 11.0 Å². The lowest BCUT2D eigenvalue weighted by molar-refractivity contribution is 0.571. The summed E-state index contributed by atoms with van der Waals surface area (Å²) in [5, 5.41) is 8.72. The molecule has 5 nitrogen and oxygen atoms in total. The van der Waals surface area contributed by atoms with Crippen LogP contribution in [0.1, 0.15) is 19.4 Å². The van der Waals surface area contributed by atoms with Gasteiger partial charge in [-0.05, 0) is 30.9 Å². The molecule has 0 aromatic heterocycles. The Bertz CT molecular complexity index is 579. The van der Waals surface area contributed by atoms with Crippen molar-refractivity contribution in [2.24, 2.45) is 0 Å². The van der Waals surface area contributed by atoms with Crippen LogP contribution >= 0.6 is 11.8 Å². The number of nitriles is 1. The first kappa shape index (κ1) is 15.8. The fraction of sp³-hybridized carbons (Fsp3) is 0.417. The van der Waals surface area contributed by atoms with Crippen molar-refractivity contribution in [1.29, 1.82) is 5.26 Å². The van der Waals surface area contributed by atoms with E-state index in [2.05, 4.69) is 4.72 Å². The molecule has 1 aromatic rings. The molecule has 0 aliphatic carbocycles. The van der Waals surface area contributed by atoms with Gasteiger partial charge in [0.1, 0.15) is 4.90 Å². The third-order valence-corrected chi connectivity index (χ3v) is 5.16. The first-order valence-electron chi connectivity index (χ1n) is 5.80. The summed E-state index contributed by atoms with van der Waals surface area (Å²) < 4.78 is 26.9. The Kier molecular flexibility index (Phi) is 5.66. The smallest absolute Gasteiger partial charge is 0.242 e. The molecule has 1 aromatic carbocycles. The molecular weight excluding hydrogens is 282 g/mol. The summed E-state index contributed by atoms with van der Waals surface area (Å²) in [6.07, 6.45) is 0. The van der Waals surface area contributed by atoms with Crippen molar-refractivity contribution >= 4 is 27.5 Å². The van der Waals surface area contributed by atoms with Gasteiger partial charge in [0, 0.05) is 11.8 Å². The Balaban J connectivity index is 2.92. The molecule has 3 N–H and O–H groups in total. The van der Waals surface area contributed by atoms with Crippen molar-refractivity contribution in [1.82, 2.24) is 4.72 Å². The average Bonchev–Trinajstić information content (AvgIpc) is 2.35. The van der Waals surface area contributed by atoms with Crippen molar-refractivity contribution in [3.8, 4) is 6.07 Å². The van der Waals surface area contributed by atoms with E-state index < -0.39 is 10.0 Å². The molecule has 19 heavy (non-hydrogen) atoms. The third-order valence-electron chi connectivity index (χ3n) is 2.36. The van der Waals surface area contributed by atoms with Gasteiger partial charge < -0.3 is 5.73 Å². The van der Waals surface area contributed by atoms with Crippen LogP contribution in [-0.4, -0.2) is 26.0 Å². The number of nitrogens with zero attached hydrogens (tertiary/aromatic N) is 1. The number of benzene rings is 1. The minimum absolute atomic E-state index is 0.0137. The van der Waals surface area contributed by atoms with E-state index in [1.807, 2.05) is 13.0 Å². The standard InChI is InChI=1S/C12H17N3O2S2/c1-3-18-8-9(2)15-19(16,17)12-5-4-10(7-13)6-11(12)14/h4-6,9,15H,3,8,14H2,1-2H3. The van der Waals surface area contributed by atoms with Gasteiger partial charge in [-0.1, -0.05) is 6.92 Å². The highest BCUT2D eigenvalue weighted by Gasteiger charge is 2.20. The maximum atomic E-state index is 12.1. The Labute approximate surface area is 118 Å². The van der Waals surface area contributed by atoms with Gasteiger partial charge in [-0.3, -0.25) is 0 Å². The summed E-state index contributed by atoms with van der Waals surface area (Å²) in [5.74, 6) is 1.64. The molecule has 7 heteroatoms. The van der Waals surface area contributed by atoms with Crippen molar-refractivity contribution in [3.05, 3.63) is 23.8 Å². The number of hydrogen-bond donors (Lipinski definition) is 2. The van der Waals surface area contributed by atoms with Crippen LogP contribution < -0.4 is 10.5 Å². The van der Waals surface area contributed by atoms with Crippen LogP contribution in [0.15, 0.2) is 23.1 Å². The molecule has 0 heterocycles. The van der Waals surface area contributed by atoms with E-state index in [-0.39, 0.29) is 16.6 Å². The Morgan fingerprint density at radius 3 is 2.74 bits per heavy atom. The topological polar surface area (TPSA) is 96.0 Å². The number of nitrogens with two attached hydrogens (primary N) is 1. The zero-order valence-corrected chi connectivity index (χ0v) is 12.5. The first-order valence-corrected chi connectivity index (χ1v) is 8.44. The lowest BCUT2D eigenvalue weighted by atomic mass is 10.2. The van der Waals surface area contributed by atoms with Crippen LogP contribution in [0.5, 0.6) is 0 Å². The van der Waals surface area contributed by atoms with Gasteiger partial charge in [-0.25, -0.2) is 13.1 Å². The molecule has 1 unspecified atom stereocenters. The molecule has 1 atom stereocenters. The summed E-state index contributed by atoms with van der Waals surface area (Å²) in [4.78, 5) is 0.0137.